The highest BCUT2D eigenvalue weighted by atomic mass is 79.9. The van der Waals surface area contributed by atoms with Gasteiger partial charge < -0.3 is 0 Å². The number of halogens is 1. The summed E-state index contributed by atoms with van der Waals surface area (Å²) in [6.45, 7) is 6.05. The molecule has 0 aliphatic rings. The normalized spacial score (nSPS) is 14.7. The van der Waals surface area contributed by atoms with Crippen molar-refractivity contribution in [2.24, 2.45) is 0 Å². The standard InChI is InChI=1S/C13H16BrN3/c1-3-11(9-8-10(2)14)17-13-7-5-4-6-12(13)15-16-17/h3-7,10-11H,1,8-9H2,2H3. The van der Waals surface area contributed by atoms with Crippen molar-refractivity contribution in [1.82, 2.24) is 15.0 Å². The van der Waals surface area contributed by atoms with E-state index < -0.39 is 0 Å². The summed E-state index contributed by atoms with van der Waals surface area (Å²) in [5.74, 6) is 0. The van der Waals surface area contributed by atoms with E-state index in [4.69, 9.17) is 0 Å². The molecule has 0 fully saturated rings. The van der Waals surface area contributed by atoms with Crippen LogP contribution >= 0.6 is 15.9 Å². The predicted octanol–water partition coefficient (Wildman–Crippen LogP) is 3.72. The summed E-state index contributed by atoms with van der Waals surface area (Å²) < 4.78 is 1.96. The van der Waals surface area contributed by atoms with Gasteiger partial charge in [0.05, 0.1) is 11.6 Å². The van der Waals surface area contributed by atoms with Gasteiger partial charge in [0.15, 0.2) is 0 Å². The Morgan fingerprint density at radius 2 is 2.18 bits per heavy atom. The van der Waals surface area contributed by atoms with Crippen molar-refractivity contribution in [1.29, 1.82) is 0 Å². The van der Waals surface area contributed by atoms with Crippen molar-refractivity contribution in [3.63, 3.8) is 0 Å². The molecule has 1 aromatic carbocycles. The number of rotatable bonds is 5. The van der Waals surface area contributed by atoms with Gasteiger partial charge >= 0.3 is 0 Å². The second kappa shape index (κ2) is 5.45. The quantitative estimate of drug-likeness (QED) is 0.621. The maximum absolute atomic E-state index is 4.22. The lowest BCUT2D eigenvalue weighted by Gasteiger charge is -2.14. The number of hydrogen-bond donors (Lipinski definition) is 0. The fraction of sp³-hybridized carbons (Fsp3) is 0.385. The summed E-state index contributed by atoms with van der Waals surface area (Å²) >= 11 is 3.57. The van der Waals surface area contributed by atoms with Crippen molar-refractivity contribution >= 4 is 27.0 Å². The third-order valence-electron chi connectivity index (χ3n) is 2.82. The number of para-hydroxylation sites is 1. The fourth-order valence-corrected chi connectivity index (χ4v) is 2.14. The molecule has 0 saturated carbocycles. The van der Waals surface area contributed by atoms with Crippen LogP contribution in [0.4, 0.5) is 0 Å². The monoisotopic (exact) mass is 293 g/mol. The van der Waals surface area contributed by atoms with Gasteiger partial charge in [-0.25, -0.2) is 4.68 Å². The molecular formula is C13H16BrN3. The zero-order valence-corrected chi connectivity index (χ0v) is 11.5. The SMILES string of the molecule is C=CC(CCC(C)Br)n1nnc2ccccc21. The van der Waals surface area contributed by atoms with Gasteiger partial charge in [-0.1, -0.05) is 46.3 Å². The van der Waals surface area contributed by atoms with Gasteiger partial charge in [-0.2, -0.15) is 0 Å². The van der Waals surface area contributed by atoms with Gasteiger partial charge in [-0.05, 0) is 25.0 Å². The van der Waals surface area contributed by atoms with Crippen LogP contribution in [0.2, 0.25) is 0 Å². The third-order valence-corrected chi connectivity index (χ3v) is 3.28. The first-order chi connectivity index (χ1) is 8.22. The predicted molar refractivity (Wildman–Crippen MR) is 74.4 cm³/mol. The lowest BCUT2D eigenvalue weighted by molar-refractivity contribution is 0.489. The maximum atomic E-state index is 4.22. The van der Waals surface area contributed by atoms with Crippen LogP contribution in [0.5, 0.6) is 0 Å². The average molecular weight is 294 g/mol. The number of nitrogens with zero attached hydrogens (tertiary/aromatic N) is 3. The molecule has 90 valence electrons. The van der Waals surface area contributed by atoms with E-state index in [2.05, 4.69) is 39.7 Å². The topological polar surface area (TPSA) is 30.7 Å². The van der Waals surface area contributed by atoms with Crippen molar-refractivity contribution in [3.05, 3.63) is 36.9 Å². The van der Waals surface area contributed by atoms with Crippen molar-refractivity contribution in [2.45, 2.75) is 30.6 Å². The largest absolute Gasteiger partial charge is 0.238 e. The zero-order valence-electron chi connectivity index (χ0n) is 9.88. The number of alkyl halides is 1. The summed E-state index contributed by atoms with van der Waals surface area (Å²) in [4.78, 5) is 0.514. The Bertz CT molecular complexity index is 504. The Kier molecular flexibility index (Phi) is 3.94. The number of allylic oxidation sites excluding steroid dienone is 1. The lowest BCUT2D eigenvalue weighted by Crippen LogP contribution is -2.09. The Morgan fingerprint density at radius 3 is 2.88 bits per heavy atom. The molecule has 2 atom stereocenters. The van der Waals surface area contributed by atoms with E-state index in [0.717, 1.165) is 23.9 Å². The molecule has 2 rings (SSSR count). The Morgan fingerprint density at radius 1 is 1.41 bits per heavy atom. The molecule has 0 aliphatic heterocycles. The van der Waals surface area contributed by atoms with E-state index in [1.54, 1.807) is 0 Å². The van der Waals surface area contributed by atoms with Gasteiger partial charge in [0.1, 0.15) is 5.52 Å². The summed E-state index contributed by atoms with van der Waals surface area (Å²) in [5, 5.41) is 8.39. The summed E-state index contributed by atoms with van der Waals surface area (Å²) in [6.07, 6.45) is 4.05. The Balaban J connectivity index is 2.27. The molecule has 3 nitrogen and oxygen atoms in total. The van der Waals surface area contributed by atoms with E-state index in [1.807, 2.05) is 35.0 Å². The molecule has 4 heteroatoms. The third kappa shape index (κ3) is 2.75. The number of fused-ring (bicyclic) bond motifs is 1. The van der Waals surface area contributed by atoms with Crippen molar-refractivity contribution < 1.29 is 0 Å². The molecular weight excluding hydrogens is 278 g/mol. The minimum atomic E-state index is 0.211. The summed E-state index contributed by atoms with van der Waals surface area (Å²) in [5.41, 5.74) is 2.01. The molecule has 0 aliphatic carbocycles. The van der Waals surface area contributed by atoms with Crippen molar-refractivity contribution in [2.75, 3.05) is 0 Å². The van der Waals surface area contributed by atoms with Crippen LogP contribution in [0, 0.1) is 0 Å². The molecule has 2 unspecified atom stereocenters. The summed E-state index contributed by atoms with van der Waals surface area (Å²) in [7, 11) is 0. The second-order valence-electron chi connectivity index (χ2n) is 4.18. The molecule has 0 amide bonds. The van der Waals surface area contributed by atoms with Gasteiger partial charge in [-0.15, -0.1) is 11.7 Å². The molecule has 0 spiro atoms. The maximum Gasteiger partial charge on any atom is 0.113 e. The highest BCUT2D eigenvalue weighted by Gasteiger charge is 2.12. The molecule has 1 aromatic heterocycles. The van der Waals surface area contributed by atoms with Gasteiger partial charge in [0.2, 0.25) is 0 Å². The van der Waals surface area contributed by atoms with Gasteiger partial charge in [0.25, 0.3) is 0 Å². The van der Waals surface area contributed by atoms with E-state index in [1.165, 1.54) is 0 Å². The Labute approximate surface area is 110 Å². The molecule has 1 heterocycles. The summed E-state index contributed by atoms with van der Waals surface area (Å²) in [6, 6.07) is 8.22. The van der Waals surface area contributed by atoms with Crippen LogP contribution in [-0.4, -0.2) is 19.8 Å². The average Bonchev–Trinajstić information content (AvgIpc) is 2.74. The smallest absolute Gasteiger partial charge is 0.113 e. The molecule has 0 radical (unpaired) electrons. The van der Waals surface area contributed by atoms with Crippen LogP contribution < -0.4 is 0 Å². The van der Waals surface area contributed by atoms with Crippen molar-refractivity contribution in [3.8, 4) is 0 Å². The van der Waals surface area contributed by atoms with Crippen LogP contribution in [0.25, 0.3) is 11.0 Å². The molecule has 17 heavy (non-hydrogen) atoms. The number of aromatic nitrogens is 3. The van der Waals surface area contributed by atoms with Crippen LogP contribution in [0.15, 0.2) is 36.9 Å². The molecule has 0 bridgehead atoms. The zero-order chi connectivity index (χ0) is 12.3. The van der Waals surface area contributed by atoms with E-state index in [9.17, 15) is 0 Å². The molecule has 0 N–H and O–H groups in total. The molecule has 2 aromatic rings. The van der Waals surface area contributed by atoms with E-state index in [-0.39, 0.29) is 6.04 Å². The number of benzene rings is 1. The van der Waals surface area contributed by atoms with E-state index >= 15 is 0 Å². The lowest BCUT2D eigenvalue weighted by atomic mass is 10.1. The second-order valence-corrected chi connectivity index (χ2v) is 5.75. The van der Waals surface area contributed by atoms with Gasteiger partial charge in [-0.3, -0.25) is 0 Å². The highest BCUT2D eigenvalue weighted by Crippen LogP contribution is 2.22. The first kappa shape index (κ1) is 12.3. The number of hydrogen-bond acceptors (Lipinski definition) is 2. The van der Waals surface area contributed by atoms with E-state index in [0.29, 0.717) is 4.83 Å². The Hall–Kier alpha value is -1.16. The van der Waals surface area contributed by atoms with Crippen LogP contribution in [0.1, 0.15) is 25.8 Å². The molecule has 0 saturated heterocycles. The minimum absolute atomic E-state index is 0.211. The minimum Gasteiger partial charge on any atom is -0.238 e. The highest BCUT2D eigenvalue weighted by molar-refractivity contribution is 9.09. The van der Waals surface area contributed by atoms with Crippen LogP contribution in [-0.2, 0) is 0 Å². The fourth-order valence-electron chi connectivity index (χ4n) is 1.87. The van der Waals surface area contributed by atoms with Gasteiger partial charge in [0, 0.05) is 4.83 Å². The first-order valence-electron chi connectivity index (χ1n) is 5.79. The van der Waals surface area contributed by atoms with Crippen LogP contribution in [0.3, 0.4) is 0 Å². The first-order valence-corrected chi connectivity index (χ1v) is 6.70.